The molecule has 3 nitrogen and oxygen atoms in total. The zero-order valence-electron chi connectivity index (χ0n) is 13.7. The normalized spacial score (nSPS) is 22.0. The van der Waals surface area contributed by atoms with E-state index >= 15 is 0 Å². The van der Waals surface area contributed by atoms with Gasteiger partial charge in [-0.15, -0.1) is 0 Å². The minimum Gasteiger partial charge on any atom is -0.496 e. The van der Waals surface area contributed by atoms with Crippen LogP contribution in [0.5, 0.6) is 5.75 Å². The van der Waals surface area contributed by atoms with E-state index in [-0.39, 0.29) is 11.9 Å². The number of hydrogen-bond acceptors (Lipinski definition) is 3. The molecule has 1 saturated carbocycles. The third kappa shape index (κ3) is 3.58. The monoisotopic (exact) mass is 290 g/mol. The SMILES string of the molecule is COC(=O)C1CC1CC(C)c1ccc(OC)c(C(C)C)c1. The number of hydrogen-bond donors (Lipinski definition) is 0. The van der Waals surface area contributed by atoms with Crippen molar-refractivity contribution in [2.45, 2.75) is 45.4 Å². The van der Waals surface area contributed by atoms with E-state index < -0.39 is 0 Å². The smallest absolute Gasteiger partial charge is 0.308 e. The number of benzene rings is 1. The zero-order valence-corrected chi connectivity index (χ0v) is 13.7. The molecule has 1 aliphatic carbocycles. The van der Waals surface area contributed by atoms with E-state index in [0.717, 1.165) is 18.6 Å². The third-order valence-corrected chi connectivity index (χ3v) is 4.53. The first-order valence-electron chi connectivity index (χ1n) is 7.73. The van der Waals surface area contributed by atoms with Crippen LogP contribution in [0.3, 0.4) is 0 Å². The number of rotatable bonds is 6. The number of carbonyl (C=O) groups is 1. The lowest BCUT2D eigenvalue weighted by Crippen LogP contribution is -2.06. The Morgan fingerprint density at radius 3 is 2.57 bits per heavy atom. The largest absolute Gasteiger partial charge is 0.496 e. The molecule has 1 aromatic carbocycles. The maximum atomic E-state index is 11.5. The van der Waals surface area contributed by atoms with Crippen LogP contribution in [0.1, 0.15) is 56.6 Å². The van der Waals surface area contributed by atoms with Crippen LogP contribution in [-0.2, 0) is 9.53 Å². The van der Waals surface area contributed by atoms with Crippen molar-refractivity contribution in [3.05, 3.63) is 29.3 Å². The second kappa shape index (κ2) is 6.50. The van der Waals surface area contributed by atoms with E-state index in [0.29, 0.717) is 17.8 Å². The third-order valence-electron chi connectivity index (χ3n) is 4.53. The summed E-state index contributed by atoms with van der Waals surface area (Å²) in [5.74, 6) is 2.41. The molecule has 1 aromatic rings. The van der Waals surface area contributed by atoms with Crippen LogP contribution in [0.4, 0.5) is 0 Å². The lowest BCUT2D eigenvalue weighted by Gasteiger charge is -2.17. The number of ether oxygens (including phenoxy) is 2. The summed E-state index contributed by atoms with van der Waals surface area (Å²) >= 11 is 0. The van der Waals surface area contributed by atoms with Crippen LogP contribution in [0.15, 0.2) is 18.2 Å². The fourth-order valence-electron chi connectivity index (χ4n) is 3.05. The quantitative estimate of drug-likeness (QED) is 0.739. The minimum absolute atomic E-state index is 0.0511. The van der Waals surface area contributed by atoms with Crippen LogP contribution < -0.4 is 4.74 Å². The van der Waals surface area contributed by atoms with Crippen molar-refractivity contribution in [1.29, 1.82) is 0 Å². The number of esters is 1. The average Bonchev–Trinajstić information content (AvgIpc) is 3.24. The Morgan fingerprint density at radius 1 is 1.29 bits per heavy atom. The van der Waals surface area contributed by atoms with E-state index in [2.05, 4.69) is 39.0 Å². The standard InChI is InChI=1S/C18H26O3/c1-11(2)15-9-13(6-7-17(15)20-4)12(3)8-14-10-16(14)18(19)21-5/h6-7,9,11-12,14,16H,8,10H2,1-5H3. The summed E-state index contributed by atoms with van der Waals surface area (Å²) in [6.45, 7) is 6.60. The van der Waals surface area contributed by atoms with E-state index in [1.165, 1.54) is 18.2 Å². The van der Waals surface area contributed by atoms with Gasteiger partial charge in [-0.1, -0.05) is 32.9 Å². The van der Waals surface area contributed by atoms with Crippen LogP contribution >= 0.6 is 0 Å². The van der Waals surface area contributed by atoms with Crippen molar-refractivity contribution in [3.8, 4) is 5.75 Å². The molecule has 3 atom stereocenters. The zero-order chi connectivity index (χ0) is 15.6. The average molecular weight is 290 g/mol. The molecule has 0 amide bonds. The van der Waals surface area contributed by atoms with Gasteiger partial charge in [0.25, 0.3) is 0 Å². The van der Waals surface area contributed by atoms with Crippen LogP contribution in [0.25, 0.3) is 0 Å². The summed E-state index contributed by atoms with van der Waals surface area (Å²) in [6.07, 6.45) is 2.02. The van der Waals surface area contributed by atoms with Crippen LogP contribution in [-0.4, -0.2) is 20.2 Å². The highest BCUT2D eigenvalue weighted by Crippen LogP contribution is 2.46. The highest BCUT2D eigenvalue weighted by atomic mass is 16.5. The van der Waals surface area contributed by atoms with Crippen molar-refractivity contribution in [3.63, 3.8) is 0 Å². The molecule has 1 aliphatic rings. The second-order valence-electron chi connectivity index (χ2n) is 6.42. The molecule has 2 rings (SSSR count). The number of methoxy groups -OCH3 is 2. The van der Waals surface area contributed by atoms with Gasteiger partial charge < -0.3 is 9.47 Å². The maximum Gasteiger partial charge on any atom is 0.308 e. The molecular weight excluding hydrogens is 264 g/mol. The van der Waals surface area contributed by atoms with Gasteiger partial charge in [0.05, 0.1) is 20.1 Å². The molecule has 0 saturated heterocycles. The van der Waals surface area contributed by atoms with Gasteiger partial charge in [-0.05, 0) is 47.8 Å². The Morgan fingerprint density at radius 2 is 2.00 bits per heavy atom. The Balaban J connectivity index is 2.05. The summed E-state index contributed by atoms with van der Waals surface area (Å²) in [4.78, 5) is 11.5. The molecule has 0 aliphatic heterocycles. The van der Waals surface area contributed by atoms with Gasteiger partial charge in [0.1, 0.15) is 5.75 Å². The fraction of sp³-hybridized carbons (Fsp3) is 0.611. The number of carbonyl (C=O) groups excluding carboxylic acids is 1. The molecule has 116 valence electrons. The van der Waals surface area contributed by atoms with Crippen molar-refractivity contribution in [1.82, 2.24) is 0 Å². The Labute approximate surface area is 127 Å². The summed E-state index contributed by atoms with van der Waals surface area (Å²) in [5, 5.41) is 0. The topological polar surface area (TPSA) is 35.5 Å². The lowest BCUT2D eigenvalue weighted by atomic mass is 9.90. The van der Waals surface area contributed by atoms with Crippen molar-refractivity contribution < 1.29 is 14.3 Å². The van der Waals surface area contributed by atoms with Crippen LogP contribution in [0.2, 0.25) is 0 Å². The van der Waals surface area contributed by atoms with Crippen molar-refractivity contribution >= 4 is 5.97 Å². The highest BCUT2D eigenvalue weighted by Gasteiger charge is 2.44. The summed E-state index contributed by atoms with van der Waals surface area (Å²) in [7, 11) is 3.19. The Hall–Kier alpha value is -1.51. The Bertz CT molecular complexity index is 507. The van der Waals surface area contributed by atoms with Gasteiger partial charge in [0.15, 0.2) is 0 Å². The van der Waals surface area contributed by atoms with Gasteiger partial charge in [0.2, 0.25) is 0 Å². The predicted octanol–water partition coefficient (Wildman–Crippen LogP) is 4.12. The predicted molar refractivity (Wildman–Crippen MR) is 83.7 cm³/mol. The van der Waals surface area contributed by atoms with Gasteiger partial charge in [0, 0.05) is 0 Å². The molecular formula is C18H26O3. The van der Waals surface area contributed by atoms with E-state index in [1.54, 1.807) is 7.11 Å². The van der Waals surface area contributed by atoms with Crippen molar-refractivity contribution in [2.75, 3.05) is 14.2 Å². The summed E-state index contributed by atoms with van der Waals surface area (Å²) in [5.41, 5.74) is 2.58. The first-order chi connectivity index (χ1) is 9.97. The molecule has 0 heterocycles. The second-order valence-corrected chi connectivity index (χ2v) is 6.42. The summed E-state index contributed by atoms with van der Waals surface area (Å²) < 4.78 is 10.3. The minimum atomic E-state index is -0.0511. The molecule has 21 heavy (non-hydrogen) atoms. The molecule has 1 fully saturated rings. The lowest BCUT2D eigenvalue weighted by molar-refractivity contribution is -0.142. The van der Waals surface area contributed by atoms with Crippen LogP contribution in [0, 0.1) is 11.8 Å². The van der Waals surface area contributed by atoms with Gasteiger partial charge in [-0.2, -0.15) is 0 Å². The molecule has 3 heteroatoms. The molecule has 3 unspecified atom stereocenters. The first kappa shape index (κ1) is 15.9. The molecule has 0 aromatic heterocycles. The maximum absolute atomic E-state index is 11.5. The summed E-state index contributed by atoms with van der Waals surface area (Å²) in [6, 6.07) is 6.46. The molecule has 0 bridgehead atoms. The van der Waals surface area contributed by atoms with Gasteiger partial charge >= 0.3 is 5.97 Å². The van der Waals surface area contributed by atoms with Gasteiger partial charge in [-0.3, -0.25) is 4.79 Å². The first-order valence-corrected chi connectivity index (χ1v) is 7.73. The van der Waals surface area contributed by atoms with E-state index in [4.69, 9.17) is 9.47 Å². The van der Waals surface area contributed by atoms with E-state index in [1.807, 2.05) is 0 Å². The molecule has 0 N–H and O–H groups in total. The fourth-order valence-corrected chi connectivity index (χ4v) is 3.05. The molecule has 0 radical (unpaired) electrons. The molecule has 0 spiro atoms. The Kier molecular flexibility index (Phi) is 4.92. The highest BCUT2D eigenvalue weighted by molar-refractivity contribution is 5.75. The van der Waals surface area contributed by atoms with Crippen molar-refractivity contribution in [2.24, 2.45) is 11.8 Å². The van der Waals surface area contributed by atoms with E-state index in [9.17, 15) is 4.79 Å². The van der Waals surface area contributed by atoms with Gasteiger partial charge in [-0.25, -0.2) is 0 Å².